The number of hydrogen-bond donors (Lipinski definition) is 1. The average molecular weight is 400 g/mol. The highest BCUT2D eigenvalue weighted by Gasteiger charge is 2.34. The minimum Gasteiger partial charge on any atom is -0.497 e. The second kappa shape index (κ2) is 7.34. The first-order chi connectivity index (χ1) is 14.7. The van der Waals surface area contributed by atoms with E-state index in [0.717, 1.165) is 28.9 Å². The number of methoxy groups -OCH3 is 1. The Morgan fingerprint density at radius 3 is 2.50 bits per heavy atom. The lowest BCUT2D eigenvalue weighted by Crippen LogP contribution is -2.40. The van der Waals surface area contributed by atoms with Crippen LogP contribution in [0.1, 0.15) is 33.2 Å². The maximum Gasteiger partial charge on any atom is 0.254 e. The lowest BCUT2D eigenvalue weighted by molar-refractivity contribution is 0.0692. The fraction of sp³-hybridized carbons (Fsp3) is 0.160. The maximum absolute atomic E-state index is 13.4. The van der Waals surface area contributed by atoms with Gasteiger partial charge in [-0.1, -0.05) is 30.3 Å². The zero-order valence-electron chi connectivity index (χ0n) is 16.6. The molecule has 0 aliphatic carbocycles. The van der Waals surface area contributed by atoms with Crippen LogP contribution < -0.4 is 4.74 Å². The molecule has 4 nitrogen and oxygen atoms in total. The van der Waals surface area contributed by atoms with Gasteiger partial charge >= 0.3 is 0 Å². The molecule has 1 atom stereocenters. The summed E-state index contributed by atoms with van der Waals surface area (Å²) in [6, 6.07) is 21.5. The van der Waals surface area contributed by atoms with Crippen LogP contribution in [-0.4, -0.2) is 29.4 Å². The quantitative estimate of drug-likeness (QED) is 0.520. The number of hydrogen-bond acceptors (Lipinski definition) is 2. The van der Waals surface area contributed by atoms with E-state index < -0.39 is 0 Å². The Bertz CT molecular complexity index is 1210. The molecule has 0 fully saturated rings. The number of ether oxygens (including phenoxy) is 1. The molecule has 1 amide bonds. The van der Waals surface area contributed by atoms with Crippen LogP contribution >= 0.6 is 0 Å². The van der Waals surface area contributed by atoms with E-state index in [1.807, 2.05) is 41.3 Å². The van der Waals surface area contributed by atoms with Crippen molar-refractivity contribution in [2.24, 2.45) is 0 Å². The Morgan fingerprint density at radius 2 is 1.77 bits per heavy atom. The van der Waals surface area contributed by atoms with Crippen LogP contribution in [0.25, 0.3) is 10.9 Å². The number of nitrogens with zero attached hydrogens (tertiary/aromatic N) is 1. The Hall–Kier alpha value is -3.60. The van der Waals surface area contributed by atoms with Gasteiger partial charge in [-0.05, 0) is 60.0 Å². The van der Waals surface area contributed by atoms with E-state index in [1.165, 1.54) is 23.1 Å². The van der Waals surface area contributed by atoms with Crippen molar-refractivity contribution in [3.05, 3.63) is 101 Å². The van der Waals surface area contributed by atoms with Crippen LogP contribution in [-0.2, 0) is 6.42 Å². The number of carbonyl (C=O) groups is 1. The molecule has 0 saturated heterocycles. The molecule has 1 aliphatic heterocycles. The molecule has 5 heteroatoms. The predicted molar refractivity (Wildman–Crippen MR) is 114 cm³/mol. The zero-order chi connectivity index (χ0) is 20.7. The van der Waals surface area contributed by atoms with Crippen molar-refractivity contribution in [3.63, 3.8) is 0 Å². The Morgan fingerprint density at radius 1 is 1.03 bits per heavy atom. The largest absolute Gasteiger partial charge is 0.497 e. The lowest BCUT2D eigenvalue weighted by Gasteiger charge is -2.36. The normalized spacial score (nSPS) is 15.8. The number of halogens is 1. The van der Waals surface area contributed by atoms with Gasteiger partial charge in [-0.3, -0.25) is 4.79 Å². The second-order valence-electron chi connectivity index (χ2n) is 7.49. The summed E-state index contributed by atoms with van der Waals surface area (Å²) in [7, 11) is 1.63. The van der Waals surface area contributed by atoms with Crippen molar-refractivity contribution < 1.29 is 13.9 Å². The Labute approximate surface area is 173 Å². The van der Waals surface area contributed by atoms with Gasteiger partial charge < -0.3 is 14.6 Å². The molecule has 1 N–H and O–H groups in total. The number of aromatic nitrogens is 1. The van der Waals surface area contributed by atoms with Crippen LogP contribution in [0.15, 0.2) is 72.8 Å². The molecule has 1 aliphatic rings. The van der Waals surface area contributed by atoms with E-state index in [0.29, 0.717) is 12.1 Å². The third-order valence-electron chi connectivity index (χ3n) is 5.82. The number of fused-ring (bicyclic) bond motifs is 3. The second-order valence-corrected chi connectivity index (χ2v) is 7.49. The molecule has 4 aromatic rings. The topological polar surface area (TPSA) is 45.3 Å². The summed E-state index contributed by atoms with van der Waals surface area (Å²) < 4.78 is 18.7. The fourth-order valence-electron chi connectivity index (χ4n) is 4.35. The summed E-state index contributed by atoms with van der Waals surface area (Å²) >= 11 is 0. The number of nitrogens with one attached hydrogen (secondary N) is 1. The summed E-state index contributed by atoms with van der Waals surface area (Å²) in [5, 5.41) is 1.19. The molecular weight excluding hydrogens is 379 g/mol. The summed E-state index contributed by atoms with van der Waals surface area (Å²) in [6.07, 6.45) is 0.763. The van der Waals surface area contributed by atoms with Crippen LogP contribution in [0.4, 0.5) is 4.39 Å². The van der Waals surface area contributed by atoms with Gasteiger partial charge in [0, 0.05) is 28.7 Å². The van der Waals surface area contributed by atoms with Crippen molar-refractivity contribution in [1.29, 1.82) is 0 Å². The van der Waals surface area contributed by atoms with E-state index >= 15 is 0 Å². The first-order valence-corrected chi connectivity index (χ1v) is 9.95. The first kappa shape index (κ1) is 18.4. The maximum atomic E-state index is 13.4. The van der Waals surface area contributed by atoms with Crippen molar-refractivity contribution in [2.75, 3.05) is 13.7 Å². The van der Waals surface area contributed by atoms with Crippen molar-refractivity contribution in [1.82, 2.24) is 9.88 Å². The zero-order valence-corrected chi connectivity index (χ0v) is 16.6. The summed E-state index contributed by atoms with van der Waals surface area (Å²) in [5.74, 6) is 0.303. The van der Waals surface area contributed by atoms with E-state index in [4.69, 9.17) is 4.74 Å². The third kappa shape index (κ3) is 3.03. The van der Waals surface area contributed by atoms with Gasteiger partial charge in [0.25, 0.3) is 5.91 Å². The van der Waals surface area contributed by atoms with Crippen LogP contribution in [0, 0.1) is 5.82 Å². The molecule has 0 radical (unpaired) electrons. The molecule has 0 saturated carbocycles. The van der Waals surface area contributed by atoms with Crippen LogP contribution in [0.2, 0.25) is 0 Å². The standard InChI is InChI=1S/C25H21FN2O2/c1-30-19-12-8-16(9-13-19)24-23-21(20-4-2-3-5-22(20)27-23)14-15-28(24)25(29)17-6-10-18(26)11-7-17/h2-13,24,27H,14-15H2,1H3/t24-/m0/s1. The third-order valence-corrected chi connectivity index (χ3v) is 5.82. The smallest absolute Gasteiger partial charge is 0.254 e. The van der Waals surface area contributed by atoms with Gasteiger partial charge in [0.1, 0.15) is 11.6 Å². The highest BCUT2D eigenvalue weighted by atomic mass is 19.1. The number of aromatic amines is 1. The minimum absolute atomic E-state index is 0.111. The van der Waals surface area contributed by atoms with Gasteiger partial charge in [-0.2, -0.15) is 0 Å². The molecule has 150 valence electrons. The van der Waals surface area contributed by atoms with Gasteiger partial charge in [-0.15, -0.1) is 0 Å². The predicted octanol–water partition coefficient (Wildman–Crippen LogP) is 5.10. The van der Waals surface area contributed by atoms with Crippen LogP contribution in [0.5, 0.6) is 5.75 Å². The first-order valence-electron chi connectivity index (χ1n) is 9.95. The molecule has 3 aromatic carbocycles. The van der Waals surface area contributed by atoms with E-state index in [9.17, 15) is 9.18 Å². The number of rotatable bonds is 3. The molecule has 5 rings (SSSR count). The summed E-state index contributed by atoms with van der Waals surface area (Å²) in [4.78, 5) is 18.8. The van der Waals surface area contributed by atoms with Gasteiger partial charge in [0.15, 0.2) is 0 Å². The Balaban J connectivity index is 1.64. The number of benzene rings is 3. The molecule has 0 bridgehead atoms. The van der Waals surface area contributed by atoms with Crippen LogP contribution in [0.3, 0.4) is 0 Å². The van der Waals surface area contributed by atoms with E-state index in [2.05, 4.69) is 17.1 Å². The van der Waals surface area contributed by atoms with E-state index in [-0.39, 0.29) is 17.8 Å². The fourth-order valence-corrected chi connectivity index (χ4v) is 4.35. The monoisotopic (exact) mass is 400 g/mol. The number of amides is 1. The number of para-hydroxylation sites is 1. The van der Waals surface area contributed by atoms with Crippen molar-refractivity contribution >= 4 is 16.8 Å². The summed E-state index contributed by atoms with van der Waals surface area (Å²) in [5.41, 5.74) is 4.82. The molecule has 2 heterocycles. The summed E-state index contributed by atoms with van der Waals surface area (Å²) in [6.45, 7) is 0.585. The molecular formula is C25H21FN2O2. The van der Waals surface area contributed by atoms with Crippen molar-refractivity contribution in [3.8, 4) is 5.75 Å². The Kier molecular flexibility index (Phi) is 4.51. The molecule has 0 unspecified atom stereocenters. The van der Waals surface area contributed by atoms with Gasteiger partial charge in [0.05, 0.1) is 13.2 Å². The van der Waals surface area contributed by atoms with E-state index in [1.54, 1.807) is 19.2 Å². The SMILES string of the molecule is COc1ccc([C@H]2c3[nH]c4ccccc4c3CCN2C(=O)c2ccc(F)cc2)cc1. The van der Waals surface area contributed by atoms with Gasteiger partial charge in [0.2, 0.25) is 0 Å². The molecule has 1 aromatic heterocycles. The lowest BCUT2D eigenvalue weighted by atomic mass is 9.91. The highest BCUT2D eigenvalue weighted by Crippen LogP contribution is 2.39. The average Bonchev–Trinajstić information content (AvgIpc) is 3.17. The highest BCUT2D eigenvalue weighted by molar-refractivity contribution is 5.95. The number of H-pyrrole nitrogens is 1. The van der Waals surface area contributed by atoms with Gasteiger partial charge in [-0.25, -0.2) is 4.39 Å². The minimum atomic E-state index is -0.352. The number of carbonyl (C=O) groups excluding carboxylic acids is 1. The molecule has 0 spiro atoms. The van der Waals surface area contributed by atoms with Crippen molar-refractivity contribution in [2.45, 2.75) is 12.5 Å². The molecule has 30 heavy (non-hydrogen) atoms.